The number of ether oxygens (including phenoxy) is 1. The summed E-state index contributed by atoms with van der Waals surface area (Å²) in [4.78, 5) is 37.5. The number of amides is 1. The first-order valence-electron chi connectivity index (χ1n) is 11.2. The number of carbonyl (C=O) groups is 2. The first kappa shape index (κ1) is 23.4. The smallest absolute Gasteiger partial charge is 0.339 e. The van der Waals surface area contributed by atoms with Crippen molar-refractivity contribution >= 4 is 50.8 Å². The zero-order chi connectivity index (χ0) is 24.5. The number of halogens is 1. The van der Waals surface area contributed by atoms with Crippen molar-refractivity contribution in [3.05, 3.63) is 75.8 Å². The van der Waals surface area contributed by atoms with Crippen LogP contribution in [-0.2, 0) is 22.5 Å². The Hall–Kier alpha value is -3.33. The third-order valence-electron chi connectivity index (χ3n) is 5.97. The highest BCUT2D eigenvalue weighted by atomic mass is 35.5. The lowest BCUT2D eigenvalue weighted by atomic mass is 9.96. The minimum Gasteiger partial charge on any atom is -0.449 e. The molecule has 4 aromatic rings. The van der Waals surface area contributed by atoms with Gasteiger partial charge in [-0.15, -0.1) is 11.3 Å². The van der Waals surface area contributed by atoms with Gasteiger partial charge >= 0.3 is 5.97 Å². The first-order valence-corrected chi connectivity index (χ1v) is 12.5. The highest BCUT2D eigenvalue weighted by Gasteiger charge is 2.28. The number of hydrogen-bond donors (Lipinski definition) is 1. The van der Waals surface area contributed by atoms with Crippen LogP contribution < -0.4 is 5.32 Å². The molecular formula is C26H23ClN4O3S. The van der Waals surface area contributed by atoms with Gasteiger partial charge in [-0.1, -0.05) is 41.9 Å². The average Bonchev–Trinajstić information content (AvgIpc) is 3.31. The van der Waals surface area contributed by atoms with Gasteiger partial charge in [-0.2, -0.15) is 0 Å². The van der Waals surface area contributed by atoms with Crippen molar-refractivity contribution in [2.75, 3.05) is 18.9 Å². The quantitative estimate of drug-likeness (QED) is 0.375. The number of esters is 1. The molecule has 0 fully saturated rings. The van der Waals surface area contributed by atoms with Gasteiger partial charge in [0.25, 0.3) is 5.91 Å². The number of aromatic nitrogens is 2. The summed E-state index contributed by atoms with van der Waals surface area (Å²) in [5, 5.41) is 6.40. The van der Waals surface area contributed by atoms with E-state index >= 15 is 0 Å². The average molecular weight is 507 g/mol. The van der Waals surface area contributed by atoms with Crippen LogP contribution in [0.15, 0.2) is 53.9 Å². The maximum Gasteiger partial charge on any atom is 0.339 e. The van der Waals surface area contributed by atoms with Gasteiger partial charge in [-0.05, 0) is 32.2 Å². The van der Waals surface area contributed by atoms with Gasteiger partial charge < -0.3 is 9.64 Å². The van der Waals surface area contributed by atoms with Crippen molar-refractivity contribution in [1.29, 1.82) is 0 Å². The van der Waals surface area contributed by atoms with Crippen LogP contribution in [0, 0.1) is 0 Å². The van der Waals surface area contributed by atoms with Gasteiger partial charge in [0.15, 0.2) is 11.2 Å². The number of fused-ring (bicyclic) bond motifs is 2. The Kier molecular flexibility index (Phi) is 6.51. The van der Waals surface area contributed by atoms with Crippen LogP contribution in [0.2, 0.25) is 5.02 Å². The summed E-state index contributed by atoms with van der Waals surface area (Å²) in [5.41, 5.74) is 4.62. The normalized spacial score (nSPS) is 14.4. The maximum atomic E-state index is 13.3. The number of rotatable bonds is 5. The van der Waals surface area contributed by atoms with Crippen molar-refractivity contribution in [2.45, 2.75) is 26.0 Å². The SMILES string of the molecule is CC(OC(=O)c1c2c(nc3ccccc13)CCN(C)C2)C(=O)Nc1nc(-c2ccc(Cl)cc2)cs1. The predicted octanol–water partition coefficient (Wildman–Crippen LogP) is 5.18. The van der Waals surface area contributed by atoms with Gasteiger partial charge in [-0.25, -0.2) is 9.78 Å². The minimum atomic E-state index is -1.01. The Morgan fingerprint density at radius 2 is 1.91 bits per heavy atom. The van der Waals surface area contributed by atoms with Gasteiger partial charge in [-0.3, -0.25) is 15.1 Å². The van der Waals surface area contributed by atoms with Crippen LogP contribution in [0.3, 0.4) is 0 Å². The molecule has 0 saturated carbocycles. The summed E-state index contributed by atoms with van der Waals surface area (Å²) in [6, 6.07) is 14.8. The number of nitrogens with one attached hydrogen (secondary N) is 1. The van der Waals surface area contributed by atoms with E-state index in [4.69, 9.17) is 21.3 Å². The highest BCUT2D eigenvalue weighted by molar-refractivity contribution is 7.14. The number of nitrogens with zero attached hydrogens (tertiary/aromatic N) is 3. The fraction of sp³-hybridized carbons (Fsp3) is 0.231. The van der Waals surface area contributed by atoms with Crippen LogP contribution in [-0.4, -0.2) is 46.4 Å². The second-order valence-corrected chi connectivity index (χ2v) is 9.79. The zero-order valence-electron chi connectivity index (χ0n) is 19.2. The van der Waals surface area contributed by atoms with Crippen LogP contribution in [0.5, 0.6) is 0 Å². The molecule has 2 aromatic heterocycles. The Morgan fingerprint density at radius 3 is 2.71 bits per heavy atom. The number of carbonyl (C=O) groups excluding carboxylic acids is 2. The van der Waals surface area contributed by atoms with Crippen molar-refractivity contribution in [3.8, 4) is 11.3 Å². The number of benzene rings is 2. The van der Waals surface area contributed by atoms with E-state index in [1.807, 2.05) is 48.8 Å². The maximum absolute atomic E-state index is 13.3. The van der Waals surface area contributed by atoms with E-state index in [0.29, 0.717) is 22.3 Å². The predicted molar refractivity (Wildman–Crippen MR) is 138 cm³/mol. The van der Waals surface area contributed by atoms with Crippen molar-refractivity contribution in [2.24, 2.45) is 0 Å². The van der Waals surface area contributed by atoms with E-state index in [1.165, 1.54) is 11.3 Å². The Labute approximate surface area is 211 Å². The molecule has 1 unspecified atom stereocenters. The highest BCUT2D eigenvalue weighted by Crippen LogP contribution is 2.29. The zero-order valence-corrected chi connectivity index (χ0v) is 20.8. The molecular weight excluding hydrogens is 484 g/mol. The van der Waals surface area contributed by atoms with E-state index in [9.17, 15) is 9.59 Å². The summed E-state index contributed by atoms with van der Waals surface area (Å²) < 4.78 is 5.65. The van der Waals surface area contributed by atoms with Crippen LogP contribution >= 0.6 is 22.9 Å². The summed E-state index contributed by atoms with van der Waals surface area (Å²) in [6.45, 7) is 3.03. The van der Waals surface area contributed by atoms with E-state index in [0.717, 1.165) is 46.4 Å². The van der Waals surface area contributed by atoms with Crippen LogP contribution in [0.25, 0.3) is 22.2 Å². The third kappa shape index (κ3) is 4.91. The molecule has 0 bridgehead atoms. The topological polar surface area (TPSA) is 84.4 Å². The molecule has 1 N–H and O–H groups in total. The number of pyridine rings is 1. The second kappa shape index (κ2) is 9.73. The number of para-hydroxylation sites is 1. The molecule has 1 aliphatic heterocycles. The van der Waals surface area contributed by atoms with Gasteiger partial charge in [0.1, 0.15) is 0 Å². The second-order valence-electron chi connectivity index (χ2n) is 8.50. The summed E-state index contributed by atoms with van der Waals surface area (Å²) >= 11 is 7.25. The van der Waals surface area contributed by atoms with E-state index in [-0.39, 0.29) is 0 Å². The molecule has 178 valence electrons. The molecule has 2 aromatic carbocycles. The molecule has 1 aliphatic rings. The van der Waals surface area contributed by atoms with Gasteiger partial charge in [0, 0.05) is 52.1 Å². The number of hydrogen-bond acceptors (Lipinski definition) is 7. The Balaban J connectivity index is 1.34. The molecule has 0 spiro atoms. The summed E-state index contributed by atoms with van der Waals surface area (Å²) in [6.07, 6.45) is -0.248. The summed E-state index contributed by atoms with van der Waals surface area (Å²) in [5.74, 6) is -0.974. The monoisotopic (exact) mass is 506 g/mol. The lowest BCUT2D eigenvalue weighted by Crippen LogP contribution is -2.32. The number of likely N-dealkylation sites (N-methyl/N-ethyl adjacent to an activating group) is 1. The molecule has 1 atom stereocenters. The molecule has 0 radical (unpaired) electrons. The molecule has 0 saturated heterocycles. The van der Waals surface area contributed by atoms with E-state index < -0.39 is 18.0 Å². The van der Waals surface area contributed by atoms with E-state index in [2.05, 4.69) is 15.2 Å². The lowest BCUT2D eigenvalue weighted by Gasteiger charge is -2.27. The first-order chi connectivity index (χ1) is 16.9. The molecule has 0 aliphatic carbocycles. The van der Waals surface area contributed by atoms with Gasteiger partial charge in [0.2, 0.25) is 0 Å². The molecule has 5 rings (SSSR count). The number of anilines is 1. The van der Waals surface area contributed by atoms with Gasteiger partial charge in [0.05, 0.1) is 16.8 Å². The van der Waals surface area contributed by atoms with Crippen LogP contribution in [0.1, 0.15) is 28.5 Å². The Morgan fingerprint density at radius 1 is 1.14 bits per heavy atom. The van der Waals surface area contributed by atoms with Crippen LogP contribution in [0.4, 0.5) is 5.13 Å². The molecule has 1 amide bonds. The number of thiazole rings is 1. The van der Waals surface area contributed by atoms with Crippen molar-refractivity contribution in [3.63, 3.8) is 0 Å². The Bertz CT molecular complexity index is 1420. The molecule has 35 heavy (non-hydrogen) atoms. The third-order valence-corrected chi connectivity index (χ3v) is 6.98. The molecule has 7 nitrogen and oxygen atoms in total. The minimum absolute atomic E-state index is 0.427. The molecule has 3 heterocycles. The fourth-order valence-corrected chi connectivity index (χ4v) is 4.97. The van der Waals surface area contributed by atoms with Crippen molar-refractivity contribution in [1.82, 2.24) is 14.9 Å². The standard InChI is InChI=1S/C26H23ClN4O3S/c1-15(24(32)30-26-29-22(14-35-26)16-7-9-17(27)10-8-16)34-25(33)23-18-5-3-4-6-20(18)28-21-11-12-31(2)13-19(21)23/h3-10,14-15H,11-13H2,1-2H3,(H,29,30,32). The van der Waals surface area contributed by atoms with E-state index in [1.54, 1.807) is 19.1 Å². The summed E-state index contributed by atoms with van der Waals surface area (Å²) in [7, 11) is 2.01. The van der Waals surface area contributed by atoms with Crippen molar-refractivity contribution < 1.29 is 14.3 Å². The molecule has 9 heteroatoms. The lowest BCUT2D eigenvalue weighted by molar-refractivity contribution is -0.123. The fourth-order valence-electron chi connectivity index (χ4n) is 4.12. The largest absolute Gasteiger partial charge is 0.449 e.